The van der Waals surface area contributed by atoms with Gasteiger partial charge in [-0.15, -0.1) is 0 Å². The standard InChI is InChI=1S/C20H23N5O2/c1-4-15-9-5-6-10-17(15)22-18(26)14-23(2)20(27)16-13-21-24(3)19(16)25-11-7-8-12-25/h5-13H,4,14H2,1-3H3,(H,22,26). The van der Waals surface area contributed by atoms with Crippen molar-refractivity contribution in [2.75, 3.05) is 18.9 Å². The van der Waals surface area contributed by atoms with Gasteiger partial charge in [0.25, 0.3) is 5.91 Å². The number of aryl methyl sites for hydroxylation is 2. The Labute approximate surface area is 158 Å². The van der Waals surface area contributed by atoms with E-state index in [1.807, 2.05) is 60.3 Å². The van der Waals surface area contributed by atoms with Gasteiger partial charge in [0.2, 0.25) is 5.91 Å². The number of hydrogen-bond donors (Lipinski definition) is 1. The Hall–Kier alpha value is -3.35. The number of hydrogen-bond acceptors (Lipinski definition) is 3. The quantitative estimate of drug-likeness (QED) is 0.729. The van der Waals surface area contributed by atoms with Gasteiger partial charge in [0.1, 0.15) is 11.4 Å². The van der Waals surface area contributed by atoms with E-state index in [9.17, 15) is 9.59 Å². The van der Waals surface area contributed by atoms with Gasteiger partial charge in [0.15, 0.2) is 0 Å². The van der Waals surface area contributed by atoms with Crippen LogP contribution < -0.4 is 5.32 Å². The first-order chi connectivity index (χ1) is 13.0. The largest absolute Gasteiger partial charge is 0.332 e. The summed E-state index contributed by atoms with van der Waals surface area (Å²) >= 11 is 0. The molecule has 0 saturated heterocycles. The number of carbonyl (C=O) groups is 2. The van der Waals surface area contributed by atoms with Crippen molar-refractivity contribution < 1.29 is 9.59 Å². The van der Waals surface area contributed by atoms with Gasteiger partial charge >= 0.3 is 0 Å². The number of nitrogens with one attached hydrogen (secondary N) is 1. The lowest BCUT2D eigenvalue weighted by Gasteiger charge is -2.18. The molecular formula is C20H23N5O2. The Morgan fingerprint density at radius 3 is 2.56 bits per heavy atom. The summed E-state index contributed by atoms with van der Waals surface area (Å²) in [5.74, 6) is 0.164. The van der Waals surface area contributed by atoms with Gasteiger partial charge in [-0.2, -0.15) is 5.10 Å². The van der Waals surface area contributed by atoms with E-state index in [-0.39, 0.29) is 18.4 Å². The Bertz CT molecular complexity index is 943. The first-order valence-corrected chi connectivity index (χ1v) is 8.79. The molecule has 0 aliphatic heterocycles. The van der Waals surface area contributed by atoms with Crippen LogP contribution in [0.1, 0.15) is 22.8 Å². The Kier molecular flexibility index (Phi) is 5.40. The molecule has 140 valence electrons. The van der Waals surface area contributed by atoms with Crippen LogP contribution in [-0.4, -0.2) is 44.7 Å². The second kappa shape index (κ2) is 7.90. The molecule has 0 aliphatic carbocycles. The van der Waals surface area contributed by atoms with E-state index in [0.29, 0.717) is 11.4 Å². The summed E-state index contributed by atoms with van der Waals surface area (Å²) in [5, 5.41) is 7.08. The van der Waals surface area contributed by atoms with E-state index in [4.69, 9.17) is 0 Å². The summed E-state index contributed by atoms with van der Waals surface area (Å²) in [6.45, 7) is 1.99. The van der Waals surface area contributed by atoms with Crippen LogP contribution in [0.5, 0.6) is 0 Å². The van der Waals surface area contributed by atoms with Gasteiger partial charge < -0.3 is 14.8 Å². The van der Waals surface area contributed by atoms with Crippen LogP contribution in [-0.2, 0) is 18.3 Å². The third-order valence-corrected chi connectivity index (χ3v) is 4.39. The van der Waals surface area contributed by atoms with Crippen LogP contribution in [0.4, 0.5) is 5.69 Å². The molecule has 7 nitrogen and oxygen atoms in total. The Morgan fingerprint density at radius 2 is 1.85 bits per heavy atom. The van der Waals surface area contributed by atoms with Crippen molar-refractivity contribution in [1.82, 2.24) is 19.2 Å². The van der Waals surface area contributed by atoms with E-state index in [0.717, 1.165) is 17.7 Å². The lowest BCUT2D eigenvalue weighted by atomic mass is 10.1. The first-order valence-electron chi connectivity index (χ1n) is 8.79. The highest BCUT2D eigenvalue weighted by molar-refractivity contribution is 6.01. The predicted molar refractivity (Wildman–Crippen MR) is 104 cm³/mol. The molecule has 0 fully saturated rings. The minimum Gasteiger partial charge on any atom is -0.332 e. The summed E-state index contributed by atoms with van der Waals surface area (Å²) in [6.07, 6.45) is 6.05. The number of amides is 2. The van der Waals surface area contributed by atoms with E-state index >= 15 is 0 Å². The molecular weight excluding hydrogens is 342 g/mol. The van der Waals surface area contributed by atoms with Crippen LogP contribution in [0.2, 0.25) is 0 Å². The summed E-state index contributed by atoms with van der Waals surface area (Å²) < 4.78 is 3.46. The van der Waals surface area contributed by atoms with Crippen molar-refractivity contribution in [3.63, 3.8) is 0 Å². The van der Waals surface area contributed by atoms with Crippen molar-refractivity contribution in [3.05, 3.63) is 66.1 Å². The third-order valence-electron chi connectivity index (χ3n) is 4.39. The molecule has 0 bridgehead atoms. The second-order valence-electron chi connectivity index (χ2n) is 6.32. The van der Waals surface area contributed by atoms with Gasteiger partial charge in [-0.3, -0.25) is 14.3 Å². The van der Waals surface area contributed by atoms with E-state index in [2.05, 4.69) is 10.4 Å². The van der Waals surface area contributed by atoms with Crippen molar-refractivity contribution in [3.8, 4) is 5.82 Å². The molecule has 3 aromatic rings. The number of likely N-dealkylation sites (N-methyl/N-ethyl adjacent to an activating group) is 1. The highest BCUT2D eigenvalue weighted by Crippen LogP contribution is 2.17. The molecule has 27 heavy (non-hydrogen) atoms. The predicted octanol–water partition coefficient (Wildman–Crippen LogP) is 2.48. The van der Waals surface area contributed by atoms with E-state index in [1.165, 1.54) is 11.1 Å². The molecule has 0 spiro atoms. The van der Waals surface area contributed by atoms with Crippen molar-refractivity contribution in [1.29, 1.82) is 0 Å². The number of benzene rings is 1. The number of anilines is 1. The maximum absolute atomic E-state index is 12.9. The highest BCUT2D eigenvalue weighted by atomic mass is 16.2. The van der Waals surface area contributed by atoms with Gasteiger partial charge in [-0.25, -0.2) is 0 Å². The molecule has 2 aromatic heterocycles. The van der Waals surface area contributed by atoms with Crippen LogP contribution in [0.15, 0.2) is 55.0 Å². The molecule has 7 heteroatoms. The Balaban J connectivity index is 1.72. The summed E-state index contributed by atoms with van der Waals surface area (Å²) in [5.41, 5.74) is 2.28. The van der Waals surface area contributed by atoms with E-state index < -0.39 is 0 Å². The molecule has 1 aromatic carbocycles. The zero-order valence-corrected chi connectivity index (χ0v) is 15.7. The Morgan fingerprint density at radius 1 is 1.15 bits per heavy atom. The van der Waals surface area contributed by atoms with E-state index in [1.54, 1.807) is 18.8 Å². The molecule has 0 atom stereocenters. The zero-order valence-electron chi connectivity index (χ0n) is 15.7. The number of aromatic nitrogens is 3. The van der Waals surface area contributed by atoms with Crippen molar-refractivity contribution >= 4 is 17.5 Å². The van der Waals surface area contributed by atoms with Crippen LogP contribution in [0.25, 0.3) is 5.82 Å². The number of carbonyl (C=O) groups excluding carboxylic acids is 2. The number of nitrogens with zero attached hydrogens (tertiary/aromatic N) is 4. The normalized spacial score (nSPS) is 10.6. The maximum atomic E-state index is 12.9. The average Bonchev–Trinajstić information content (AvgIpc) is 3.30. The van der Waals surface area contributed by atoms with Gasteiger partial charge in [0.05, 0.1) is 12.7 Å². The highest BCUT2D eigenvalue weighted by Gasteiger charge is 2.22. The van der Waals surface area contributed by atoms with Gasteiger partial charge in [-0.05, 0) is 30.2 Å². The molecule has 0 saturated carbocycles. The van der Waals surface area contributed by atoms with Crippen LogP contribution in [0.3, 0.4) is 0 Å². The summed E-state index contributed by atoms with van der Waals surface area (Å²) in [6, 6.07) is 11.4. The lowest BCUT2D eigenvalue weighted by Crippen LogP contribution is -2.35. The average molecular weight is 365 g/mol. The second-order valence-corrected chi connectivity index (χ2v) is 6.32. The van der Waals surface area contributed by atoms with Crippen molar-refractivity contribution in [2.45, 2.75) is 13.3 Å². The number of para-hydroxylation sites is 1. The molecule has 3 rings (SSSR count). The number of rotatable bonds is 6. The van der Waals surface area contributed by atoms with Crippen LogP contribution in [0, 0.1) is 0 Å². The molecule has 2 amide bonds. The fourth-order valence-corrected chi connectivity index (χ4v) is 3.00. The SMILES string of the molecule is CCc1ccccc1NC(=O)CN(C)C(=O)c1cnn(C)c1-n1cccc1. The monoisotopic (exact) mass is 365 g/mol. The smallest absolute Gasteiger partial charge is 0.259 e. The summed E-state index contributed by atoms with van der Waals surface area (Å²) in [4.78, 5) is 26.7. The maximum Gasteiger partial charge on any atom is 0.259 e. The van der Waals surface area contributed by atoms with Gasteiger partial charge in [-0.1, -0.05) is 25.1 Å². The minimum atomic E-state index is -0.259. The van der Waals surface area contributed by atoms with Crippen LogP contribution >= 0.6 is 0 Å². The molecule has 1 N–H and O–H groups in total. The molecule has 2 heterocycles. The molecule has 0 radical (unpaired) electrons. The fraction of sp³-hybridized carbons (Fsp3) is 0.250. The minimum absolute atomic E-state index is 0.0447. The fourth-order valence-electron chi connectivity index (χ4n) is 3.00. The zero-order chi connectivity index (χ0) is 19.4. The lowest BCUT2D eigenvalue weighted by molar-refractivity contribution is -0.116. The topological polar surface area (TPSA) is 72.2 Å². The third kappa shape index (κ3) is 3.92. The van der Waals surface area contributed by atoms with Gasteiger partial charge in [0, 0.05) is 32.2 Å². The molecule has 0 aliphatic rings. The molecule has 0 unspecified atom stereocenters. The van der Waals surface area contributed by atoms with Crippen molar-refractivity contribution in [2.24, 2.45) is 7.05 Å². The summed E-state index contributed by atoms with van der Waals surface area (Å²) in [7, 11) is 3.39. The first kappa shape index (κ1) is 18.4.